The number of para-hydroxylation sites is 1. The van der Waals surface area contributed by atoms with E-state index in [2.05, 4.69) is 70.6 Å². The highest BCUT2D eigenvalue weighted by atomic mass is 127. The second-order valence-electron chi connectivity index (χ2n) is 6.22. The average molecular weight is 497 g/mol. The molecule has 3 rings (SSSR count). The Morgan fingerprint density at radius 2 is 2.07 bits per heavy atom. The number of aliphatic imine (C=N–C) groups is 1. The highest BCUT2D eigenvalue weighted by molar-refractivity contribution is 14.0. The van der Waals surface area contributed by atoms with E-state index in [1.54, 1.807) is 11.3 Å². The molecule has 1 aromatic carbocycles. The highest BCUT2D eigenvalue weighted by Gasteiger charge is 2.02. The Labute approximate surface area is 182 Å². The lowest BCUT2D eigenvalue weighted by Crippen LogP contribution is -2.38. The van der Waals surface area contributed by atoms with Crippen molar-refractivity contribution in [1.82, 2.24) is 20.2 Å². The molecular formula is C20H28IN5S. The Balaban J connectivity index is 0.00000261. The van der Waals surface area contributed by atoms with Crippen LogP contribution in [0.25, 0.3) is 10.9 Å². The number of hydrogen-bond acceptors (Lipinski definition) is 3. The van der Waals surface area contributed by atoms with Gasteiger partial charge in [0.15, 0.2) is 5.96 Å². The van der Waals surface area contributed by atoms with Gasteiger partial charge in [0, 0.05) is 55.4 Å². The van der Waals surface area contributed by atoms with Crippen LogP contribution in [-0.2, 0) is 13.0 Å². The van der Waals surface area contributed by atoms with Crippen molar-refractivity contribution >= 4 is 52.2 Å². The van der Waals surface area contributed by atoms with E-state index in [1.165, 1.54) is 20.8 Å². The van der Waals surface area contributed by atoms with Crippen LogP contribution in [-0.4, -0.2) is 35.1 Å². The number of fused-ring (bicyclic) bond motifs is 1. The van der Waals surface area contributed by atoms with E-state index in [1.807, 2.05) is 6.20 Å². The summed E-state index contributed by atoms with van der Waals surface area (Å²) in [6, 6.07) is 10.7. The van der Waals surface area contributed by atoms with Crippen molar-refractivity contribution in [2.45, 2.75) is 33.2 Å². The van der Waals surface area contributed by atoms with Gasteiger partial charge >= 0.3 is 0 Å². The summed E-state index contributed by atoms with van der Waals surface area (Å²) >= 11 is 1.76. The summed E-state index contributed by atoms with van der Waals surface area (Å²) in [5, 5.41) is 9.18. The Hall–Kier alpha value is -1.61. The van der Waals surface area contributed by atoms with Gasteiger partial charge in [0.1, 0.15) is 0 Å². The zero-order chi connectivity index (χ0) is 18.2. The summed E-state index contributed by atoms with van der Waals surface area (Å²) in [5.41, 5.74) is 1.29. The van der Waals surface area contributed by atoms with E-state index < -0.39 is 0 Å². The van der Waals surface area contributed by atoms with Crippen LogP contribution in [0.4, 0.5) is 0 Å². The largest absolute Gasteiger partial charge is 0.357 e. The molecule has 2 aromatic heterocycles. The van der Waals surface area contributed by atoms with Gasteiger partial charge in [-0.1, -0.05) is 18.2 Å². The van der Waals surface area contributed by atoms with Crippen molar-refractivity contribution in [2.75, 3.05) is 19.6 Å². The molecule has 0 aliphatic rings. The van der Waals surface area contributed by atoms with Crippen LogP contribution in [0.1, 0.15) is 23.2 Å². The molecule has 5 nitrogen and oxygen atoms in total. The van der Waals surface area contributed by atoms with Gasteiger partial charge in [0.2, 0.25) is 0 Å². The fourth-order valence-electron chi connectivity index (χ4n) is 2.91. The number of benzene rings is 1. The van der Waals surface area contributed by atoms with Crippen molar-refractivity contribution in [2.24, 2.45) is 4.99 Å². The van der Waals surface area contributed by atoms with Crippen LogP contribution in [0.3, 0.4) is 0 Å². The quantitative estimate of drug-likeness (QED) is 0.212. The minimum atomic E-state index is 0. The number of aryl methyl sites for hydroxylation is 2. The summed E-state index contributed by atoms with van der Waals surface area (Å²) in [4.78, 5) is 10.4. The van der Waals surface area contributed by atoms with Gasteiger partial charge in [-0.3, -0.25) is 4.99 Å². The molecule has 2 N–H and O–H groups in total. The predicted octanol–water partition coefficient (Wildman–Crippen LogP) is 4.21. The fraction of sp³-hybridized carbons (Fsp3) is 0.400. The van der Waals surface area contributed by atoms with Gasteiger partial charge < -0.3 is 15.2 Å². The van der Waals surface area contributed by atoms with Crippen molar-refractivity contribution in [3.05, 3.63) is 52.6 Å². The van der Waals surface area contributed by atoms with Crippen molar-refractivity contribution in [1.29, 1.82) is 0 Å². The molecule has 27 heavy (non-hydrogen) atoms. The third-order valence-electron chi connectivity index (χ3n) is 4.15. The summed E-state index contributed by atoms with van der Waals surface area (Å²) in [7, 11) is 0. The minimum Gasteiger partial charge on any atom is -0.357 e. The van der Waals surface area contributed by atoms with E-state index in [-0.39, 0.29) is 24.0 Å². The highest BCUT2D eigenvalue weighted by Crippen LogP contribution is 2.15. The zero-order valence-electron chi connectivity index (χ0n) is 15.9. The second-order valence-corrected chi connectivity index (χ2v) is 7.54. The maximum Gasteiger partial charge on any atom is 0.191 e. The molecule has 0 bridgehead atoms. The van der Waals surface area contributed by atoms with Crippen LogP contribution in [0.15, 0.2) is 47.7 Å². The second kappa shape index (κ2) is 11.3. The van der Waals surface area contributed by atoms with Crippen LogP contribution in [0.5, 0.6) is 0 Å². The SMILES string of the molecule is CCNC(=NCCCn1ccc2ccccc21)NCCc1ncc(C)s1.I. The average Bonchev–Trinajstić information content (AvgIpc) is 3.25. The topological polar surface area (TPSA) is 54.2 Å². The van der Waals surface area contributed by atoms with Gasteiger partial charge in [-0.25, -0.2) is 4.98 Å². The van der Waals surface area contributed by atoms with Gasteiger partial charge in [-0.2, -0.15) is 0 Å². The molecule has 3 aromatic rings. The lowest BCUT2D eigenvalue weighted by molar-refractivity contribution is 0.666. The lowest BCUT2D eigenvalue weighted by atomic mass is 10.2. The number of rotatable bonds is 8. The van der Waals surface area contributed by atoms with E-state index in [4.69, 9.17) is 4.99 Å². The zero-order valence-corrected chi connectivity index (χ0v) is 19.1. The Bertz CT molecular complexity index is 855. The van der Waals surface area contributed by atoms with Crippen molar-refractivity contribution < 1.29 is 0 Å². The Morgan fingerprint density at radius 3 is 2.85 bits per heavy atom. The smallest absolute Gasteiger partial charge is 0.191 e. The maximum absolute atomic E-state index is 4.69. The molecule has 0 fully saturated rings. The molecule has 0 amide bonds. The third kappa shape index (κ3) is 6.49. The molecule has 7 heteroatoms. The molecule has 0 saturated heterocycles. The molecule has 0 spiro atoms. The Kier molecular flexibility index (Phi) is 9.06. The summed E-state index contributed by atoms with van der Waals surface area (Å²) in [6.45, 7) is 7.68. The molecule has 146 valence electrons. The van der Waals surface area contributed by atoms with Gasteiger partial charge in [0.05, 0.1) is 5.01 Å². The lowest BCUT2D eigenvalue weighted by Gasteiger charge is -2.11. The summed E-state index contributed by atoms with van der Waals surface area (Å²) in [5.74, 6) is 0.887. The summed E-state index contributed by atoms with van der Waals surface area (Å²) < 4.78 is 2.30. The minimum absolute atomic E-state index is 0. The molecule has 0 saturated carbocycles. The number of aromatic nitrogens is 2. The molecule has 0 aliphatic carbocycles. The van der Waals surface area contributed by atoms with Crippen molar-refractivity contribution in [3.63, 3.8) is 0 Å². The first-order valence-corrected chi connectivity index (χ1v) is 10.1. The van der Waals surface area contributed by atoms with E-state index in [9.17, 15) is 0 Å². The monoisotopic (exact) mass is 497 g/mol. The number of guanidine groups is 1. The van der Waals surface area contributed by atoms with Gasteiger partial charge in [0.25, 0.3) is 0 Å². The van der Waals surface area contributed by atoms with Gasteiger partial charge in [-0.05, 0) is 37.8 Å². The van der Waals surface area contributed by atoms with E-state index >= 15 is 0 Å². The predicted molar refractivity (Wildman–Crippen MR) is 127 cm³/mol. The molecule has 0 unspecified atom stereocenters. The fourth-order valence-corrected chi connectivity index (χ4v) is 3.70. The van der Waals surface area contributed by atoms with Crippen LogP contribution < -0.4 is 10.6 Å². The van der Waals surface area contributed by atoms with Crippen molar-refractivity contribution in [3.8, 4) is 0 Å². The number of nitrogens with one attached hydrogen (secondary N) is 2. The van der Waals surface area contributed by atoms with Crippen LogP contribution >= 0.6 is 35.3 Å². The normalized spacial score (nSPS) is 11.4. The first kappa shape index (κ1) is 21.7. The Morgan fingerprint density at radius 1 is 1.22 bits per heavy atom. The van der Waals surface area contributed by atoms with Crippen LogP contribution in [0.2, 0.25) is 0 Å². The maximum atomic E-state index is 4.69. The number of hydrogen-bond donors (Lipinski definition) is 2. The number of nitrogens with zero attached hydrogens (tertiary/aromatic N) is 3. The molecule has 0 aliphatic heterocycles. The first-order valence-electron chi connectivity index (χ1n) is 9.23. The van der Waals surface area contributed by atoms with Crippen LogP contribution in [0, 0.1) is 6.92 Å². The van der Waals surface area contributed by atoms with E-state index in [0.717, 1.165) is 45.0 Å². The standard InChI is InChI=1S/C20H27N5S.HI/c1-3-21-20(23-12-9-19-24-15-16(2)26-19)22-11-6-13-25-14-10-17-7-4-5-8-18(17)25;/h4-5,7-8,10,14-15H,3,6,9,11-13H2,1-2H3,(H2,21,22,23);1H. The number of thiazole rings is 1. The molecule has 0 radical (unpaired) electrons. The molecule has 2 heterocycles. The molecular weight excluding hydrogens is 469 g/mol. The number of halogens is 1. The van der Waals surface area contributed by atoms with Gasteiger partial charge in [-0.15, -0.1) is 35.3 Å². The molecule has 0 atom stereocenters. The third-order valence-corrected chi connectivity index (χ3v) is 5.12. The van der Waals surface area contributed by atoms with E-state index in [0.29, 0.717) is 0 Å². The summed E-state index contributed by atoms with van der Waals surface area (Å²) in [6.07, 6.45) is 6.04. The first-order chi connectivity index (χ1) is 12.8.